The molecule has 2 amide bonds. The Balaban J connectivity index is 2.02. The van der Waals surface area contributed by atoms with Crippen LogP contribution in [0.5, 0.6) is 5.75 Å². The number of methoxy groups -OCH3 is 1. The van der Waals surface area contributed by atoms with Crippen LogP contribution in [0.4, 0.5) is 0 Å². The first-order valence-electron chi connectivity index (χ1n) is 8.24. The summed E-state index contributed by atoms with van der Waals surface area (Å²) in [6, 6.07) is 6.28. The summed E-state index contributed by atoms with van der Waals surface area (Å²) in [6.07, 6.45) is 7.11. The Kier molecular flexibility index (Phi) is 5.16. The normalized spacial score (nSPS) is 12.2. The molecule has 0 unspecified atom stereocenters. The molecule has 8 heteroatoms. The summed E-state index contributed by atoms with van der Waals surface area (Å²) < 4.78 is 5.49. The molecule has 2 heterocycles. The second-order valence-electron chi connectivity index (χ2n) is 5.89. The molecule has 0 saturated carbocycles. The lowest BCUT2D eigenvalue weighted by Crippen LogP contribution is -2.42. The molecule has 0 spiro atoms. The van der Waals surface area contributed by atoms with Crippen molar-refractivity contribution in [1.82, 2.24) is 20.5 Å². The third-order valence-corrected chi connectivity index (χ3v) is 4.07. The Morgan fingerprint density at radius 3 is 2.63 bits per heavy atom. The van der Waals surface area contributed by atoms with Gasteiger partial charge in [0, 0.05) is 12.4 Å². The number of primary amides is 1. The monoisotopic (exact) mass is 365 g/mol. The fourth-order valence-corrected chi connectivity index (χ4v) is 2.61. The molecule has 1 atom stereocenters. The van der Waals surface area contributed by atoms with E-state index in [1.165, 1.54) is 14.0 Å². The van der Waals surface area contributed by atoms with Gasteiger partial charge in [-0.15, -0.1) is 0 Å². The van der Waals surface area contributed by atoms with Crippen molar-refractivity contribution >= 4 is 34.9 Å². The number of hydrogen-bond donors (Lipinski definition) is 3. The average molecular weight is 365 g/mol. The molecule has 0 aliphatic rings. The summed E-state index contributed by atoms with van der Waals surface area (Å²) in [6.45, 7) is 1.52. The predicted octanol–water partition coefficient (Wildman–Crippen LogP) is 1.74. The second kappa shape index (κ2) is 7.69. The quantitative estimate of drug-likeness (QED) is 0.614. The highest BCUT2D eigenvalue weighted by Crippen LogP contribution is 2.32. The molecule has 27 heavy (non-hydrogen) atoms. The van der Waals surface area contributed by atoms with Crippen LogP contribution in [0.3, 0.4) is 0 Å². The summed E-state index contributed by atoms with van der Waals surface area (Å²) in [5.41, 5.74) is 7.81. The molecule has 8 nitrogen and oxygen atoms in total. The number of benzene rings is 1. The number of carbonyl (C=O) groups is 2. The molecule has 0 aliphatic heterocycles. The minimum atomic E-state index is -0.798. The van der Waals surface area contributed by atoms with Crippen LogP contribution in [-0.4, -0.2) is 40.1 Å². The molecular formula is C19H19N5O3. The molecule has 4 N–H and O–H groups in total. The van der Waals surface area contributed by atoms with Crippen LogP contribution in [0.2, 0.25) is 0 Å². The SMILES string of the molecule is COc1c(C(=O)N[C@@H](C)C(N)=O)ccc2[nH]nc(/C=C/c3ccncc3)c12. The van der Waals surface area contributed by atoms with Gasteiger partial charge in [0.15, 0.2) is 0 Å². The first-order chi connectivity index (χ1) is 13.0. The van der Waals surface area contributed by atoms with Crippen molar-refractivity contribution in [1.29, 1.82) is 0 Å². The summed E-state index contributed by atoms with van der Waals surface area (Å²) in [7, 11) is 1.48. The number of H-pyrrole nitrogens is 1. The number of amides is 2. The Morgan fingerprint density at radius 2 is 1.96 bits per heavy atom. The number of carbonyl (C=O) groups excluding carboxylic acids is 2. The van der Waals surface area contributed by atoms with Gasteiger partial charge in [-0.05, 0) is 42.8 Å². The Labute approximate surface area is 155 Å². The fraction of sp³-hybridized carbons (Fsp3) is 0.158. The standard InChI is InChI=1S/C19H19N5O3/c1-11(18(20)25)22-19(26)13-4-6-15-16(17(13)27-2)14(23-24-15)5-3-12-7-9-21-10-8-12/h3-11H,1-2H3,(H2,20,25)(H,22,26)(H,23,24)/b5-3+/t11-/m0/s1. The number of nitrogens with zero attached hydrogens (tertiary/aromatic N) is 2. The van der Waals surface area contributed by atoms with E-state index in [2.05, 4.69) is 20.5 Å². The number of aromatic amines is 1. The minimum absolute atomic E-state index is 0.290. The topological polar surface area (TPSA) is 123 Å². The van der Waals surface area contributed by atoms with Gasteiger partial charge in [0.25, 0.3) is 5.91 Å². The van der Waals surface area contributed by atoms with Gasteiger partial charge in [0.1, 0.15) is 11.8 Å². The van der Waals surface area contributed by atoms with Gasteiger partial charge in [0.05, 0.1) is 29.3 Å². The van der Waals surface area contributed by atoms with Crippen molar-refractivity contribution in [2.75, 3.05) is 7.11 Å². The molecule has 3 rings (SSSR count). The smallest absolute Gasteiger partial charge is 0.255 e. The summed E-state index contributed by atoms with van der Waals surface area (Å²) in [5.74, 6) is -0.706. The van der Waals surface area contributed by atoms with Crippen LogP contribution in [0, 0.1) is 0 Å². The number of fused-ring (bicyclic) bond motifs is 1. The van der Waals surface area contributed by atoms with Crippen LogP contribution >= 0.6 is 0 Å². The molecule has 1 aromatic carbocycles. The van der Waals surface area contributed by atoms with E-state index in [4.69, 9.17) is 10.5 Å². The fourth-order valence-electron chi connectivity index (χ4n) is 2.61. The van der Waals surface area contributed by atoms with Gasteiger partial charge < -0.3 is 15.8 Å². The highest BCUT2D eigenvalue weighted by Gasteiger charge is 2.21. The highest BCUT2D eigenvalue weighted by molar-refractivity contribution is 6.06. The second-order valence-corrected chi connectivity index (χ2v) is 5.89. The number of hydrogen-bond acceptors (Lipinski definition) is 5. The molecule has 0 aliphatic carbocycles. The van der Waals surface area contributed by atoms with Gasteiger partial charge in [-0.3, -0.25) is 19.7 Å². The highest BCUT2D eigenvalue weighted by atomic mass is 16.5. The zero-order chi connectivity index (χ0) is 19.4. The molecule has 138 valence electrons. The maximum absolute atomic E-state index is 12.5. The Morgan fingerprint density at radius 1 is 1.22 bits per heavy atom. The Bertz CT molecular complexity index is 1010. The van der Waals surface area contributed by atoms with Crippen molar-refractivity contribution in [3.8, 4) is 5.75 Å². The van der Waals surface area contributed by atoms with E-state index in [0.29, 0.717) is 16.8 Å². The van der Waals surface area contributed by atoms with E-state index in [1.54, 1.807) is 24.5 Å². The average Bonchev–Trinajstić information content (AvgIpc) is 3.09. The van der Waals surface area contributed by atoms with Gasteiger partial charge >= 0.3 is 0 Å². The van der Waals surface area contributed by atoms with Gasteiger partial charge in [-0.1, -0.05) is 6.08 Å². The van der Waals surface area contributed by atoms with Gasteiger partial charge in [-0.2, -0.15) is 5.10 Å². The van der Waals surface area contributed by atoms with Crippen LogP contribution in [0.1, 0.15) is 28.5 Å². The van der Waals surface area contributed by atoms with E-state index >= 15 is 0 Å². The predicted molar refractivity (Wildman–Crippen MR) is 102 cm³/mol. The van der Waals surface area contributed by atoms with Crippen molar-refractivity contribution in [2.45, 2.75) is 13.0 Å². The number of ether oxygens (including phenoxy) is 1. The van der Waals surface area contributed by atoms with E-state index in [0.717, 1.165) is 11.1 Å². The largest absolute Gasteiger partial charge is 0.495 e. The zero-order valence-corrected chi connectivity index (χ0v) is 14.9. The number of pyridine rings is 1. The van der Waals surface area contributed by atoms with Crippen LogP contribution in [0.15, 0.2) is 36.7 Å². The molecule has 0 saturated heterocycles. The van der Waals surface area contributed by atoms with Crippen molar-refractivity contribution in [3.05, 3.63) is 53.5 Å². The molecule has 0 bridgehead atoms. The summed E-state index contributed by atoms with van der Waals surface area (Å²) >= 11 is 0. The maximum Gasteiger partial charge on any atom is 0.255 e. The molecule has 0 fully saturated rings. The van der Waals surface area contributed by atoms with Gasteiger partial charge in [0.2, 0.25) is 5.91 Å². The number of nitrogens with two attached hydrogens (primary N) is 1. The van der Waals surface area contributed by atoms with E-state index in [1.807, 2.05) is 24.3 Å². The maximum atomic E-state index is 12.5. The third kappa shape index (κ3) is 3.79. The number of nitrogens with one attached hydrogen (secondary N) is 2. The molecule has 0 radical (unpaired) electrons. The first-order valence-corrected chi connectivity index (χ1v) is 8.24. The zero-order valence-electron chi connectivity index (χ0n) is 14.9. The van der Waals surface area contributed by atoms with E-state index < -0.39 is 17.9 Å². The van der Waals surface area contributed by atoms with Crippen LogP contribution < -0.4 is 15.8 Å². The molecule has 3 aromatic rings. The number of aromatic nitrogens is 3. The molecular weight excluding hydrogens is 346 g/mol. The minimum Gasteiger partial charge on any atom is -0.495 e. The summed E-state index contributed by atoms with van der Waals surface area (Å²) in [5, 5.41) is 10.4. The molecule has 2 aromatic heterocycles. The third-order valence-electron chi connectivity index (χ3n) is 4.07. The lowest BCUT2D eigenvalue weighted by molar-refractivity contribution is -0.119. The van der Waals surface area contributed by atoms with Crippen molar-refractivity contribution in [2.24, 2.45) is 5.73 Å². The summed E-state index contributed by atoms with van der Waals surface area (Å²) in [4.78, 5) is 27.7. The number of rotatable bonds is 6. The lowest BCUT2D eigenvalue weighted by Gasteiger charge is -2.13. The Hall–Kier alpha value is -3.68. The first kappa shape index (κ1) is 18.1. The van der Waals surface area contributed by atoms with Gasteiger partial charge in [-0.25, -0.2) is 0 Å². The van der Waals surface area contributed by atoms with Crippen molar-refractivity contribution in [3.63, 3.8) is 0 Å². The van der Waals surface area contributed by atoms with Crippen LogP contribution in [-0.2, 0) is 4.79 Å². The lowest BCUT2D eigenvalue weighted by atomic mass is 10.1. The van der Waals surface area contributed by atoms with E-state index in [-0.39, 0.29) is 5.56 Å². The van der Waals surface area contributed by atoms with E-state index in [9.17, 15) is 9.59 Å². The van der Waals surface area contributed by atoms with Crippen LogP contribution in [0.25, 0.3) is 23.1 Å². The van der Waals surface area contributed by atoms with Crippen molar-refractivity contribution < 1.29 is 14.3 Å².